The SMILES string of the molecule is CCC/C=C/C/C=C/C/C=C/C/C=C/CCCCCC(=O)OC[C@H](COP(=O)(O)OC[C@@H](O)CO)OC(=O)CCCCC/C=C/C/C=C/C/C=C/C/C=C/CCCCC. The van der Waals surface area contributed by atoms with E-state index in [1.165, 1.54) is 32.1 Å². The Bertz CT molecular complexity index is 1300. The van der Waals surface area contributed by atoms with Gasteiger partial charge in [-0.2, -0.15) is 0 Å². The van der Waals surface area contributed by atoms with E-state index >= 15 is 0 Å². The highest BCUT2D eigenvalue weighted by atomic mass is 31.2. The fourth-order valence-corrected chi connectivity index (χ4v) is 6.05. The Hall–Kier alpha value is -3.11. The highest BCUT2D eigenvalue weighted by Crippen LogP contribution is 2.43. The zero-order chi connectivity index (χ0) is 43.3. The molecule has 0 aliphatic carbocycles. The fourth-order valence-electron chi connectivity index (χ4n) is 5.26. The normalized spacial score (nSPS) is 14.7. The minimum Gasteiger partial charge on any atom is -0.462 e. The summed E-state index contributed by atoms with van der Waals surface area (Å²) in [5.74, 6) is -1.01. The molecular formula is C48H79O10P. The molecule has 0 saturated heterocycles. The molecule has 3 atom stereocenters. The highest BCUT2D eigenvalue weighted by molar-refractivity contribution is 7.47. The maximum atomic E-state index is 12.6. The lowest BCUT2D eigenvalue weighted by Crippen LogP contribution is -2.29. The smallest absolute Gasteiger partial charge is 0.462 e. The lowest BCUT2D eigenvalue weighted by Gasteiger charge is -2.20. The van der Waals surface area contributed by atoms with Gasteiger partial charge < -0.3 is 24.6 Å². The number of carbonyl (C=O) groups excluding carboxylic acids is 2. The van der Waals surface area contributed by atoms with Crippen LogP contribution in [0, 0.1) is 0 Å². The summed E-state index contributed by atoms with van der Waals surface area (Å²) in [4.78, 5) is 35.0. The van der Waals surface area contributed by atoms with Crippen LogP contribution in [0.15, 0.2) is 97.2 Å². The Kier molecular flexibility index (Phi) is 40.7. The third-order valence-corrected chi connectivity index (χ3v) is 9.64. The average molecular weight is 847 g/mol. The van der Waals surface area contributed by atoms with Crippen LogP contribution in [-0.2, 0) is 32.7 Å². The summed E-state index contributed by atoms with van der Waals surface area (Å²) in [5.41, 5.74) is 0. The number of aliphatic hydroxyl groups excluding tert-OH is 2. The zero-order valence-corrected chi connectivity index (χ0v) is 37.3. The van der Waals surface area contributed by atoms with E-state index in [1.807, 2.05) is 0 Å². The summed E-state index contributed by atoms with van der Waals surface area (Å²) >= 11 is 0. The Balaban J connectivity index is 4.44. The molecule has 0 saturated carbocycles. The number of carbonyl (C=O) groups is 2. The van der Waals surface area contributed by atoms with Gasteiger partial charge in [0.2, 0.25) is 0 Å². The van der Waals surface area contributed by atoms with Crippen molar-refractivity contribution < 1.29 is 47.8 Å². The van der Waals surface area contributed by atoms with Crippen molar-refractivity contribution in [1.82, 2.24) is 0 Å². The van der Waals surface area contributed by atoms with Crippen LogP contribution in [-0.4, -0.2) is 65.7 Å². The topological polar surface area (TPSA) is 149 Å². The minimum absolute atomic E-state index is 0.133. The number of aliphatic hydroxyl groups is 2. The van der Waals surface area contributed by atoms with Crippen molar-refractivity contribution in [2.24, 2.45) is 0 Å². The van der Waals surface area contributed by atoms with Crippen molar-refractivity contribution in [1.29, 1.82) is 0 Å². The van der Waals surface area contributed by atoms with Crippen molar-refractivity contribution in [3.8, 4) is 0 Å². The van der Waals surface area contributed by atoms with E-state index in [9.17, 15) is 24.2 Å². The lowest BCUT2D eigenvalue weighted by atomic mass is 10.1. The third-order valence-electron chi connectivity index (χ3n) is 8.69. The fraction of sp³-hybridized carbons (Fsp3) is 0.625. The molecule has 0 aliphatic heterocycles. The molecule has 0 rings (SSSR count). The van der Waals surface area contributed by atoms with Gasteiger partial charge in [0.05, 0.1) is 19.8 Å². The molecule has 336 valence electrons. The number of phosphoric ester groups is 1. The number of ether oxygens (including phenoxy) is 2. The minimum atomic E-state index is -4.64. The van der Waals surface area contributed by atoms with Gasteiger partial charge in [-0.15, -0.1) is 0 Å². The van der Waals surface area contributed by atoms with Gasteiger partial charge in [-0.25, -0.2) is 4.57 Å². The van der Waals surface area contributed by atoms with Gasteiger partial charge in [-0.3, -0.25) is 18.6 Å². The molecular weight excluding hydrogens is 767 g/mol. The quantitative estimate of drug-likeness (QED) is 0.0235. The molecule has 0 aromatic rings. The first-order chi connectivity index (χ1) is 28.7. The van der Waals surface area contributed by atoms with Gasteiger partial charge in [0.1, 0.15) is 12.7 Å². The second-order valence-electron chi connectivity index (χ2n) is 14.4. The number of phosphoric acid groups is 1. The van der Waals surface area contributed by atoms with Crippen LogP contribution in [0.1, 0.15) is 155 Å². The molecule has 0 aliphatic rings. The van der Waals surface area contributed by atoms with Gasteiger partial charge in [0.25, 0.3) is 0 Å². The molecule has 59 heavy (non-hydrogen) atoms. The maximum absolute atomic E-state index is 12.6. The molecule has 3 N–H and O–H groups in total. The summed E-state index contributed by atoms with van der Waals surface area (Å²) in [6.45, 7) is 2.19. The monoisotopic (exact) mass is 847 g/mol. The van der Waals surface area contributed by atoms with E-state index in [2.05, 4.69) is 116 Å². The first-order valence-electron chi connectivity index (χ1n) is 22.2. The van der Waals surface area contributed by atoms with Crippen LogP contribution in [0.3, 0.4) is 0 Å². The standard InChI is InChI=1S/C48H79O10P/c1-3-5-7-9-11-13-15-17-19-21-22-24-26-28-30-32-34-36-38-40-48(52)58-46(44-57-59(53,54)56-42-45(50)41-49)43-55-47(51)39-37-35-33-31-29-27-25-23-20-18-16-14-12-10-8-6-4-2/h8,10-11,13-14,16-17,19-20,22-24,27-30,45-46,49-50H,3-7,9,12,15,18,21,25-26,31-44H2,1-2H3,(H,53,54)/b10-8+,13-11+,16-14+,19-17+,23-20+,24-22+,29-27+,30-28+/t45-,46+/m0/s1. The number of hydrogen-bond donors (Lipinski definition) is 3. The van der Waals surface area contributed by atoms with E-state index < -0.39 is 51.8 Å². The van der Waals surface area contributed by atoms with E-state index in [1.54, 1.807) is 0 Å². The van der Waals surface area contributed by atoms with Crippen molar-refractivity contribution in [2.45, 2.75) is 167 Å². The first-order valence-corrected chi connectivity index (χ1v) is 23.7. The van der Waals surface area contributed by atoms with Gasteiger partial charge >= 0.3 is 19.8 Å². The van der Waals surface area contributed by atoms with E-state index in [0.717, 1.165) is 83.5 Å². The van der Waals surface area contributed by atoms with E-state index in [-0.39, 0.29) is 19.4 Å². The largest absolute Gasteiger partial charge is 0.472 e. The van der Waals surface area contributed by atoms with E-state index in [4.69, 9.17) is 19.1 Å². The zero-order valence-electron chi connectivity index (χ0n) is 36.4. The third kappa shape index (κ3) is 42.8. The van der Waals surface area contributed by atoms with Gasteiger partial charge in [-0.1, -0.05) is 143 Å². The van der Waals surface area contributed by atoms with Crippen molar-refractivity contribution in [2.75, 3.05) is 26.4 Å². The lowest BCUT2D eigenvalue weighted by molar-refractivity contribution is -0.161. The summed E-state index contributed by atoms with van der Waals surface area (Å²) in [6, 6.07) is 0. The number of unbranched alkanes of at least 4 members (excludes halogenated alkanes) is 10. The van der Waals surface area contributed by atoms with Gasteiger partial charge in [0, 0.05) is 12.8 Å². The molecule has 0 spiro atoms. The predicted octanol–water partition coefficient (Wildman–Crippen LogP) is 12.0. The number of esters is 2. The summed E-state index contributed by atoms with van der Waals surface area (Å²) in [6.07, 6.45) is 52.2. The first kappa shape index (κ1) is 55.9. The second kappa shape index (κ2) is 43.0. The van der Waals surface area contributed by atoms with Crippen molar-refractivity contribution in [3.63, 3.8) is 0 Å². The number of hydrogen-bond acceptors (Lipinski definition) is 9. The molecule has 1 unspecified atom stereocenters. The maximum Gasteiger partial charge on any atom is 0.472 e. The molecule has 11 heteroatoms. The Morgan fingerprint density at radius 1 is 0.508 bits per heavy atom. The van der Waals surface area contributed by atoms with Crippen LogP contribution in [0.5, 0.6) is 0 Å². The molecule has 10 nitrogen and oxygen atoms in total. The van der Waals surface area contributed by atoms with Crippen molar-refractivity contribution in [3.05, 3.63) is 97.2 Å². The predicted molar refractivity (Wildman–Crippen MR) is 242 cm³/mol. The number of allylic oxidation sites excluding steroid dienone is 16. The van der Waals surface area contributed by atoms with Crippen LogP contribution in [0.25, 0.3) is 0 Å². The van der Waals surface area contributed by atoms with Crippen LogP contribution >= 0.6 is 7.82 Å². The molecule has 0 bridgehead atoms. The highest BCUT2D eigenvalue weighted by Gasteiger charge is 2.27. The molecule has 0 aromatic carbocycles. The van der Waals surface area contributed by atoms with Gasteiger partial charge in [-0.05, 0) is 96.3 Å². The summed E-state index contributed by atoms with van der Waals surface area (Å²) in [7, 11) is -4.64. The Morgan fingerprint density at radius 3 is 1.36 bits per heavy atom. The van der Waals surface area contributed by atoms with Crippen molar-refractivity contribution >= 4 is 19.8 Å². The second-order valence-corrected chi connectivity index (χ2v) is 15.8. The van der Waals surface area contributed by atoms with Gasteiger partial charge in [0.15, 0.2) is 6.10 Å². The molecule has 0 fully saturated rings. The summed E-state index contributed by atoms with van der Waals surface area (Å²) < 4.78 is 32.7. The molecule has 0 aromatic heterocycles. The van der Waals surface area contributed by atoms with Crippen LogP contribution in [0.2, 0.25) is 0 Å². The Labute approximate surface area is 357 Å². The summed E-state index contributed by atoms with van der Waals surface area (Å²) in [5, 5.41) is 18.3. The average Bonchev–Trinajstić information content (AvgIpc) is 3.22. The molecule has 0 amide bonds. The molecule has 0 heterocycles. The molecule has 0 radical (unpaired) electrons. The van der Waals surface area contributed by atoms with Crippen LogP contribution in [0.4, 0.5) is 0 Å². The Morgan fingerprint density at radius 2 is 0.915 bits per heavy atom. The van der Waals surface area contributed by atoms with E-state index in [0.29, 0.717) is 12.8 Å². The number of rotatable bonds is 40. The van der Waals surface area contributed by atoms with Crippen LogP contribution < -0.4 is 0 Å².